The van der Waals surface area contributed by atoms with Gasteiger partial charge in [0.25, 0.3) is 0 Å². The molecule has 2 unspecified atom stereocenters. The number of carbonyl (C=O) groups is 1. The lowest BCUT2D eigenvalue weighted by molar-refractivity contribution is -0.120. The lowest BCUT2D eigenvalue weighted by Crippen LogP contribution is -2.03. The Morgan fingerprint density at radius 3 is 2.59 bits per heavy atom. The first-order valence-corrected chi connectivity index (χ1v) is 6.18. The highest BCUT2D eigenvalue weighted by molar-refractivity contribution is 5.86. The highest BCUT2D eigenvalue weighted by Gasteiger charge is 2.61. The summed E-state index contributed by atoms with van der Waals surface area (Å²) < 4.78 is 13.2. The van der Waals surface area contributed by atoms with Crippen LogP contribution in [0.2, 0.25) is 0 Å². The maximum atomic E-state index is 13.2. The van der Waals surface area contributed by atoms with Gasteiger partial charge in [0.15, 0.2) is 0 Å². The molecule has 1 aromatic rings. The van der Waals surface area contributed by atoms with Crippen molar-refractivity contribution < 1.29 is 9.18 Å². The molecule has 92 valence electrons. The van der Waals surface area contributed by atoms with Gasteiger partial charge in [0.05, 0.1) is 0 Å². The zero-order chi connectivity index (χ0) is 12.8. The van der Waals surface area contributed by atoms with Crippen LogP contribution in [0.1, 0.15) is 44.2 Å². The summed E-state index contributed by atoms with van der Waals surface area (Å²) in [7, 11) is 0. The normalized spacial score (nSPS) is 25.7. The van der Waals surface area contributed by atoms with E-state index in [9.17, 15) is 9.18 Å². The summed E-state index contributed by atoms with van der Waals surface area (Å²) in [5, 5.41) is 0. The van der Waals surface area contributed by atoms with Crippen LogP contribution in [0.15, 0.2) is 18.2 Å². The fourth-order valence-corrected chi connectivity index (χ4v) is 2.94. The van der Waals surface area contributed by atoms with E-state index in [2.05, 4.69) is 13.8 Å². The van der Waals surface area contributed by atoms with Crippen LogP contribution in [0, 0.1) is 24.1 Å². The average molecular weight is 234 g/mol. The molecule has 0 amide bonds. The molecular weight excluding hydrogens is 215 g/mol. The fraction of sp³-hybridized carbons (Fsp3) is 0.533. The second-order valence-electron chi connectivity index (χ2n) is 5.61. The van der Waals surface area contributed by atoms with Gasteiger partial charge in [0.1, 0.15) is 11.6 Å². The molecule has 0 bridgehead atoms. The number of benzene rings is 1. The minimum atomic E-state index is -0.175. The first kappa shape index (κ1) is 12.3. The van der Waals surface area contributed by atoms with E-state index in [1.54, 1.807) is 6.92 Å². The number of Topliss-reactive ketones (excluding diaryl/α,β-unsaturated/α-hetero) is 1. The van der Waals surface area contributed by atoms with Gasteiger partial charge >= 0.3 is 0 Å². The van der Waals surface area contributed by atoms with Gasteiger partial charge in [0, 0.05) is 12.3 Å². The Morgan fingerprint density at radius 1 is 1.41 bits per heavy atom. The Balaban J connectivity index is 2.30. The summed E-state index contributed by atoms with van der Waals surface area (Å²) in [5.41, 5.74) is 1.78. The van der Waals surface area contributed by atoms with Crippen molar-refractivity contribution in [3.8, 4) is 0 Å². The van der Waals surface area contributed by atoms with Crippen molar-refractivity contribution in [1.29, 1.82) is 0 Å². The van der Waals surface area contributed by atoms with Crippen molar-refractivity contribution in [2.45, 2.75) is 40.0 Å². The minimum Gasteiger partial charge on any atom is -0.299 e. The largest absolute Gasteiger partial charge is 0.299 e. The molecule has 1 nitrogen and oxygen atoms in total. The van der Waals surface area contributed by atoms with E-state index in [0.29, 0.717) is 17.8 Å². The maximum absolute atomic E-state index is 13.2. The van der Waals surface area contributed by atoms with E-state index >= 15 is 0 Å². The third-order valence-corrected chi connectivity index (χ3v) is 4.06. The fourth-order valence-electron chi connectivity index (χ4n) is 2.94. The summed E-state index contributed by atoms with van der Waals surface area (Å²) >= 11 is 0. The van der Waals surface area contributed by atoms with E-state index in [-0.39, 0.29) is 23.1 Å². The van der Waals surface area contributed by atoms with Crippen molar-refractivity contribution in [3.63, 3.8) is 0 Å². The first-order valence-electron chi connectivity index (χ1n) is 6.18. The van der Waals surface area contributed by atoms with Gasteiger partial charge in [-0.25, -0.2) is 4.39 Å². The van der Waals surface area contributed by atoms with E-state index in [4.69, 9.17) is 0 Å². The summed E-state index contributed by atoms with van der Waals surface area (Å²) in [5.74, 6) is 0.513. The zero-order valence-corrected chi connectivity index (χ0v) is 10.9. The SMILES string of the molecule is CCC(=O)C1C(c2ccc(F)c(C)c2)C1(C)C. The Hall–Kier alpha value is -1.18. The number of ketones is 1. The summed E-state index contributed by atoms with van der Waals surface area (Å²) in [4.78, 5) is 11.9. The molecule has 0 aliphatic heterocycles. The monoisotopic (exact) mass is 234 g/mol. The second kappa shape index (κ2) is 3.94. The minimum absolute atomic E-state index is 0.0252. The average Bonchev–Trinajstić information content (AvgIpc) is 2.84. The van der Waals surface area contributed by atoms with E-state index in [0.717, 1.165) is 5.56 Å². The molecule has 2 heteroatoms. The van der Waals surface area contributed by atoms with Gasteiger partial charge in [0.2, 0.25) is 0 Å². The van der Waals surface area contributed by atoms with Crippen LogP contribution in [-0.2, 0) is 4.79 Å². The number of halogens is 1. The quantitative estimate of drug-likeness (QED) is 0.776. The number of rotatable bonds is 3. The van der Waals surface area contributed by atoms with Gasteiger partial charge < -0.3 is 0 Å². The topological polar surface area (TPSA) is 17.1 Å². The van der Waals surface area contributed by atoms with Gasteiger partial charge in [-0.05, 0) is 35.4 Å². The van der Waals surface area contributed by atoms with Crippen LogP contribution in [0.4, 0.5) is 4.39 Å². The van der Waals surface area contributed by atoms with Crippen molar-refractivity contribution in [2.24, 2.45) is 11.3 Å². The third-order valence-electron chi connectivity index (χ3n) is 4.06. The molecule has 1 aromatic carbocycles. The van der Waals surface area contributed by atoms with Gasteiger partial charge in [-0.15, -0.1) is 0 Å². The summed E-state index contributed by atoms with van der Waals surface area (Å²) in [6.45, 7) is 7.91. The molecule has 17 heavy (non-hydrogen) atoms. The molecule has 0 N–H and O–H groups in total. The molecule has 0 saturated heterocycles. The molecule has 1 saturated carbocycles. The highest BCUT2D eigenvalue weighted by atomic mass is 19.1. The lowest BCUT2D eigenvalue weighted by atomic mass is 10.0. The highest BCUT2D eigenvalue weighted by Crippen LogP contribution is 2.65. The molecule has 0 heterocycles. The molecule has 1 aliphatic rings. The summed E-state index contributed by atoms with van der Waals surface area (Å²) in [6, 6.07) is 5.20. The number of hydrogen-bond acceptors (Lipinski definition) is 1. The van der Waals surface area contributed by atoms with Crippen LogP contribution < -0.4 is 0 Å². The van der Waals surface area contributed by atoms with Crippen LogP contribution in [0.3, 0.4) is 0 Å². The predicted molar refractivity (Wildman–Crippen MR) is 66.4 cm³/mol. The van der Waals surface area contributed by atoms with Gasteiger partial charge in [-0.1, -0.05) is 32.9 Å². The molecule has 0 aromatic heterocycles. The number of hydrogen-bond donors (Lipinski definition) is 0. The maximum Gasteiger partial charge on any atom is 0.136 e. The molecule has 2 rings (SSSR count). The van der Waals surface area contributed by atoms with Crippen molar-refractivity contribution in [2.75, 3.05) is 0 Å². The van der Waals surface area contributed by atoms with E-state index < -0.39 is 0 Å². The number of carbonyl (C=O) groups excluding carboxylic acids is 1. The van der Waals surface area contributed by atoms with E-state index in [1.165, 1.54) is 6.07 Å². The Labute approximate surface area is 102 Å². The van der Waals surface area contributed by atoms with Crippen LogP contribution in [0.5, 0.6) is 0 Å². The Bertz CT molecular complexity index is 462. The molecule has 0 spiro atoms. The lowest BCUT2D eigenvalue weighted by Gasteiger charge is -2.04. The summed E-state index contributed by atoms with van der Waals surface area (Å²) in [6.07, 6.45) is 0.588. The van der Waals surface area contributed by atoms with Crippen LogP contribution >= 0.6 is 0 Å². The standard InChI is InChI=1S/C15H19FO/c1-5-12(17)14-13(15(14,3)4)10-6-7-11(16)9(2)8-10/h6-8,13-14H,5H2,1-4H3. The van der Waals surface area contributed by atoms with Crippen molar-refractivity contribution >= 4 is 5.78 Å². The molecule has 1 aliphatic carbocycles. The molecular formula is C15H19FO. The third kappa shape index (κ3) is 1.90. The van der Waals surface area contributed by atoms with Crippen molar-refractivity contribution in [1.82, 2.24) is 0 Å². The molecule has 2 atom stereocenters. The molecule has 0 radical (unpaired) electrons. The van der Waals surface area contributed by atoms with Gasteiger partial charge in [-0.3, -0.25) is 4.79 Å². The Morgan fingerprint density at radius 2 is 2.06 bits per heavy atom. The predicted octanol–water partition coefficient (Wildman–Crippen LogP) is 3.85. The van der Waals surface area contributed by atoms with Crippen LogP contribution in [-0.4, -0.2) is 5.78 Å². The first-order chi connectivity index (χ1) is 7.89. The van der Waals surface area contributed by atoms with E-state index in [1.807, 2.05) is 19.1 Å². The zero-order valence-electron chi connectivity index (χ0n) is 10.9. The van der Waals surface area contributed by atoms with Crippen LogP contribution in [0.25, 0.3) is 0 Å². The number of aryl methyl sites for hydroxylation is 1. The van der Waals surface area contributed by atoms with Gasteiger partial charge in [-0.2, -0.15) is 0 Å². The second-order valence-corrected chi connectivity index (χ2v) is 5.61. The smallest absolute Gasteiger partial charge is 0.136 e. The Kier molecular flexibility index (Phi) is 2.84. The van der Waals surface area contributed by atoms with Crippen molar-refractivity contribution in [3.05, 3.63) is 35.1 Å². The molecule has 1 fully saturated rings.